The predicted octanol–water partition coefficient (Wildman–Crippen LogP) is 4.13. The molecule has 10 nitrogen and oxygen atoms in total. The Labute approximate surface area is 237 Å². The predicted molar refractivity (Wildman–Crippen MR) is 158 cm³/mol. The molecule has 1 aromatic carbocycles. The number of nitrogens with zero attached hydrogens (tertiary/aromatic N) is 5. The fraction of sp³-hybridized carbons (Fsp3) is 0.345. The van der Waals surface area contributed by atoms with Crippen molar-refractivity contribution in [3.05, 3.63) is 67.2 Å². The molecule has 0 spiro atoms. The number of nitrogens with one attached hydrogen (secondary N) is 3. The first-order chi connectivity index (χ1) is 19.7. The third kappa shape index (κ3) is 6.17. The number of alkyl halides is 2. The van der Waals surface area contributed by atoms with Crippen molar-refractivity contribution in [1.82, 2.24) is 19.8 Å². The summed E-state index contributed by atoms with van der Waals surface area (Å²) >= 11 is 0. The van der Waals surface area contributed by atoms with E-state index in [-0.39, 0.29) is 17.5 Å². The molecule has 0 aliphatic carbocycles. The SMILES string of the molecule is C=CC(=O)Nc1cc(NC2N=C(c3cn(C)c4cccnc34)C=CN2)c(OC(F)F)cc1N1CCCC1CN(C)C. The van der Waals surface area contributed by atoms with Gasteiger partial charge >= 0.3 is 6.61 Å². The number of amides is 1. The Morgan fingerprint density at radius 1 is 1.34 bits per heavy atom. The lowest BCUT2D eigenvalue weighted by Crippen LogP contribution is -2.38. The van der Waals surface area contributed by atoms with Gasteiger partial charge in [-0.25, -0.2) is 4.99 Å². The maximum Gasteiger partial charge on any atom is 0.387 e. The van der Waals surface area contributed by atoms with Crippen LogP contribution in [-0.2, 0) is 11.8 Å². The highest BCUT2D eigenvalue weighted by Gasteiger charge is 2.29. The van der Waals surface area contributed by atoms with Gasteiger partial charge in [-0.2, -0.15) is 8.78 Å². The van der Waals surface area contributed by atoms with Crippen molar-refractivity contribution in [2.45, 2.75) is 31.8 Å². The Kier molecular flexibility index (Phi) is 8.20. The maximum atomic E-state index is 13.6. The van der Waals surface area contributed by atoms with Crippen molar-refractivity contribution in [2.75, 3.05) is 42.7 Å². The number of hydrogen-bond acceptors (Lipinski definition) is 8. The Bertz CT molecular complexity index is 1500. The van der Waals surface area contributed by atoms with Crippen molar-refractivity contribution in [3.8, 4) is 5.75 Å². The van der Waals surface area contributed by atoms with Crippen molar-refractivity contribution in [1.29, 1.82) is 0 Å². The number of aliphatic imine (C=N–C) groups is 1. The number of likely N-dealkylation sites (N-methyl/N-ethyl adjacent to an activating group) is 1. The lowest BCUT2D eigenvalue weighted by atomic mass is 10.1. The highest BCUT2D eigenvalue weighted by atomic mass is 19.3. The van der Waals surface area contributed by atoms with Gasteiger partial charge in [-0.1, -0.05) is 6.58 Å². The van der Waals surface area contributed by atoms with Gasteiger partial charge in [-0.3, -0.25) is 9.78 Å². The van der Waals surface area contributed by atoms with Crippen molar-refractivity contribution in [3.63, 3.8) is 0 Å². The zero-order chi connectivity index (χ0) is 29.1. The summed E-state index contributed by atoms with van der Waals surface area (Å²) in [5.41, 5.74) is 4.57. The lowest BCUT2D eigenvalue weighted by Gasteiger charge is -2.32. The van der Waals surface area contributed by atoms with Crippen LogP contribution in [-0.4, -0.2) is 72.2 Å². The molecule has 0 saturated carbocycles. The molecule has 1 amide bonds. The van der Waals surface area contributed by atoms with Crippen LogP contribution in [0.25, 0.3) is 11.0 Å². The number of pyridine rings is 1. The van der Waals surface area contributed by atoms with E-state index < -0.39 is 18.8 Å². The Hall–Kier alpha value is -4.45. The summed E-state index contributed by atoms with van der Waals surface area (Å²) in [6.45, 7) is 2.01. The van der Waals surface area contributed by atoms with Crippen molar-refractivity contribution >= 4 is 39.7 Å². The largest absolute Gasteiger partial charge is 0.433 e. The molecule has 3 N–H and O–H groups in total. The number of fused-ring (bicyclic) bond motifs is 1. The van der Waals surface area contributed by atoms with Gasteiger partial charge in [0.2, 0.25) is 5.91 Å². The van der Waals surface area contributed by atoms with Gasteiger partial charge in [0, 0.05) is 56.4 Å². The van der Waals surface area contributed by atoms with Gasteiger partial charge in [0.25, 0.3) is 0 Å². The quantitative estimate of drug-likeness (QED) is 0.319. The third-order valence-electron chi connectivity index (χ3n) is 7.10. The summed E-state index contributed by atoms with van der Waals surface area (Å²) in [7, 11) is 5.92. The van der Waals surface area contributed by atoms with Crippen molar-refractivity contribution in [2.24, 2.45) is 12.0 Å². The van der Waals surface area contributed by atoms with E-state index in [1.807, 2.05) is 50.1 Å². The van der Waals surface area contributed by atoms with Crippen LogP contribution in [0, 0.1) is 0 Å². The van der Waals surface area contributed by atoms with E-state index in [0.717, 1.165) is 42.5 Å². The van der Waals surface area contributed by atoms with E-state index in [1.165, 1.54) is 6.08 Å². The molecule has 12 heteroatoms. The molecule has 41 heavy (non-hydrogen) atoms. The minimum absolute atomic E-state index is 0.0537. The molecule has 2 aliphatic heterocycles. The van der Waals surface area contributed by atoms with Crippen LogP contribution in [0.3, 0.4) is 0 Å². The fourth-order valence-electron chi connectivity index (χ4n) is 5.38. The lowest BCUT2D eigenvalue weighted by molar-refractivity contribution is -0.111. The van der Waals surface area contributed by atoms with E-state index >= 15 is 0 Å². The molecular weight excluding hydrogens is 530 g/mol. The topological polar surface area (TPSA) is 99.0 Å². The average molecular weight is 565 g/mol. The molecule has 2 aliphatic rings. The zero-order valence-corrected chi connectivity index (χ0v) is 23.3. The molecule has 2 atom stereocenters. The Morgan fingerprint density at radius 2 is 2.17 bits per heavy atom. The molecule has 0 bridgehead atoms. The number of rotatable bonds is 10. The number of halogens is 2. The highest BCUT2D eigenvalue weighted by molar-refractivity contribution is 6.15. The highest BCUT2D eigenvalue weighted by Crippen LogP contribution is 2.41. The molecule has 1 saturated heterocycles. The third-order valence-corrected chi connectivity index (χ3v) is 7.10. The summed E-state index contributed by atoms with van der Waals surface area (Å²) in [4.78, 5) is 25.9. The van der Waals surface area contributed by atoms with Gasteiger partial charge in [-0.05, 0) is 57.3 Å². The second-order valence-corrected chi connectivity index (χ2v) is 10.3. The molecule has 4 heterocycles. The molecule has 216 valence electrons. The molecule has 5 rings (SSSR count). The van der Waals surface area contributed by atoms with E-state index in [1.54, 1.807) is 24.5 Å². The number of carbonyl (C=O) groups is 1. The summed E-state index contributed by atoms with van der Waals surface area (Å²) in [6, 6.07) is 7.16. The van der Waals surface area contributed by atoms with Gasteiger partial charge in [-0.15, -0.1) is 0 Å². The normalized spacial score (nSPS) is 18.5. The number of benzene rings is 1. The molecule has 1 fully saturated rings. The monoisotopic (exact) mass is 564 g/mol. The number of aryl methyl sites for hydroxylation is 1. The molecular formula is C29H34F2N8O2. The van der Waals surface area contributed by atoms with Crippen LogP contribution in [0.15, 0.2) is 66.6 Å². The first kappa shape index (κ1) is 28.1. The fourth-order valence-corrected chi connectivity index (χ4v) is 5.38. The minimum atomic E-state index is -3.05. The molecule has 2 unspecified atom stereocenters. The van der Waals surface area contributed by atoms with Gasteiger partial charge in [0.1, 0.15) is 0 Å². The van der Waals surface area contributed by atoms with E-state index in [2.05, 4.69) is 37.3 Å². The Balaban J connectivity index is 1.52. The number of hydrogen-bond donors (Lipinski definition) is 3. The molecule has 0 radical (unpaired) electrons. The first-order valence-electron chi connectivity index (χ1n) is 13.4. The summed E-state index contributed by atoms with van der Waals surface area (Å²) in [5, 5.41) is 9.12. The summed E-state index contributed by atoms with van der Waals surface area (Å²) in [5.74, 6) is -0.465. The second kappa shape index (κ2) is 12.0. The number of carbonyl (C=O) groups excluding carboxylic acids is 1. The maximum absolute atomic E-state index is 13.6. The van der Waals surface area contributed by atoms with Crippen LogP contribution >= 0.6 is 0 Å². The Morgan fingerprint density at radius 3 is 2.93 bits per heavy atom. The van der Waals surface area contributed by atoms with Crippen LogP contribution < -0.4 is 25.6 Å². The number of allylic oxidation sites excluding steroid dienone is 1. The van der Waals surface area contributed by atoms with E-state index in [9.17, 15) is 13.6 Å². The molecule has 3 aromatic rings. The second-order valence-electron chi connectivity index (χ2n) is 10.3. The number of aromatic nitrogens is 2. The molecule has 2 aromatic heterocycles. The van der Waals surface area contributed by atoms with Crippen LogP contribution in [0.2, 0.25) is 0 Å². The van der Waals surface area contributed by atoms with E-state index in [0.29, 0.717) is 17.1 Å². The van der Waals surface area contributed by atoms with Gasteiger partial charge in [0.05, 0.1) is 33.8 Å². The smallest absolute Gasteiger partial charge is 0.387 e. The summed E-state index contributed by atoms with van der Waals surface area (Å²) < 4.78 is 34.2. The number of ether oxygens (including phenoxy) is 1. The van der Waals surface area contributed by atoms with Crippen molar-refractivity contribution < 1.29 is 18.3 Å². The number of anilines is 3. The van der Waals surface area contributed by atoms with Crippen LogP contribution in [0.4, 0.5) is 25.8 Å². The van der Waals surface area contributed by atoms with Crippen LogP contribution in [0.5, 0.6) is 5.75 Å². The first-order valence-corrected chi connectivity index (χ1v) is 13.4. The van der Waals surface area contributed by atoms with Gasteiger partial charge in [0.15, 0.2) is 12.0 Å². The summed E-state index contributed by atoms with van der Waals surface area (Å²) in [6.07, 6.45) is 9.58. The average Bonchev–Trinajstić information content (AvgIpc) is 3.53. The minimum Gasteiger partial charge on any atom is -0.433 e. The van der Waals surface area contributed by atoms with E-state index in [4.69, 9.17) is 9.73 Å². The van der Waals surface area contributed by atoms with Crippen LogP contribution in [0.1, 0.15) is 18.4 Å². The standard InChI is InChI=1S/C29H34F2N8O2/c1-5-26(40)34-21-14-22(25(41-28(30)31)15-24(21)39-13-7-8-18(39)16-37(2)3)36-29-33-12-10-20(35-29)19-17-38(4)23-9-6-11-32-27(19)23/h5-6,9-12,14-15,17-18,28-29,33,36H,1,7-8,13,16H2,2-4H3,(H,34,40). The van der Waals surface area contributed by atoms with Gasteiger partial charge < -0.3 is 35.1 Å². The zero-order valence-electron chi connectivity index (χ0n) is 23.3.